The summed E-state index contributed by atoms with van der Waals surface area (Å²) in [6, 6.07) is 7.52. The van der Waals surface area contributed by atoms with Crippen molar-refractivity contribution in [2.24, 2.45) is 0 Å². The van der Waals surface area contributed by atoms with Crippen molar-refractivity contribution in [1.82, 2.24) is 4.90 Å². The molecule has 0 amide bonds. The molecule has 0 aliphatic carbocycles. The minimum atomic E-state index is -0.471. The standard InChI is InChI=1S/C23H26N2O5/c1-4-10-24(11-5-2)14-18-19(26)12-15(3)21-22(27)20(30-23(18)21)13-16-6-8-17(9-7-16)25(28)29/h6-9,12-13,26H,4-5,10-11,14H2,1-3H3/b20-13+. The quantitative estimate of drug-likeness (QED) is 0.380. The molecule has 2 aromatic rings. The number of hydrogen-bond donors (Lipinski definition) is 1. The molecule has 1 heterocycles. The third kappa shape index (κ3) is 4.36. The van der Waals surface area contributed by atoms with Gasteiger partial charge in [-0.3, -0.25) is 19.8 Å². The van der Waals surface area contributed by atoms with Gasteiger partial charge in [0, 0.05) is 18.7 Å². The van der Waals surface area contributed by atoms with Gasteiger partial charge in [0.25, 0.3) is 5.69 Å². The summed E-state index contributed by atoms with van der Waals surface area (Å²) in [5.41, 5.74) is 2.33. The molecule has 158 valence electrons. The fraction of sp³-hybridized carbons (Fsp3) is 0.348. The zero-order valence-corrected chi connectivity index (χ0v) is 17.5. The van der Waals surface area contributed by atoms with E-state index in [4.69, 9.17) is 4.74 Å². The van der Waals surface area contributed by atoms with E-state index in [-0.39, 0.29) is 23.0 Å². The Bertz CT molecular complexity index is 990. The average molecular weight is 410 g/mol. The van der Waals surface area contributed by atoms with Crippen LogP contribution in [0.25, 0.3) is 6.08 Å². The molecule has 0 fully saturated rings. The van der Waals surface area contributed by atoms with Crippen molar-refractivity contribution in [3.63, 3.8) is 0 Å². The van der Waals surface area contributed by atoms with E-state index in [9.17, 15) is 20.0 Å². The number of aryl methyl sites for hydroxylation is 1. The fourth-order valence-electron chi connectivity index (χ4n) is 3.70. The highest BCUT2D eigenvalue weighted by Gasteiger charge is 2.33. The van der Waals surface area contributed by atoms with Crippen molar-refractivity contribution in [2.75, 3.05) is 13.1 Å². The lowest BCUT2D eigenvalue weighted by Gasteiger charge is -2.22. The van der Waals surface area contributed by atoms with Crippen molar-refractivity contribution in [2.45, 2.75) is 40.2 Å². The summed E-state index contributed by atoms with van der Waals surface area (Å²) < 4.78 is 5.94. The largest absolute Gasteiger partial charge is 0.507 e. The van der Waals surface area contributed by atoms with E-state index in [0.29, 0.717) is 34.5 Å². The third-order valence-corrected chi connectivity index (χ3v) is 5.08. The maximum absolute atomic E-state index is 13.0. The van der Waals surface area contributed by atoms with Crippen molar-refractivity contribution in [3.8, 4) is 11.5 Å². The minimum absolute atomic E-state index is 0.0194. The molecule has 7 nitrogen and oxygen atoms in total. The lowest BCUT2D eigenvalue weighted by molar-refractivity contribution is -0.384. The van der Waals surface area contributed by atoms with Gasteiger partial charge in [0.2, 0.25) is 5.78 Å². The Hall–Kier alpha value is -3.19. The van der Waals surface area contributed by atoms with Gasteiger partial charge in [-0.05, 0) is 68.3 Å². The number of nitrogens with zero attached hydrogens (tertiary/aromatic N) is 2. The molecule has 0 atom stereocenters. The molecule has 0 saturated carbocycles. The Morgan fingerprint density at radius 1 is 1.17 bits per heavy atom. The van der Waals surface area contributed by atoms with Crippen LogP contribution in [-0.4, -0.2) is 33.8 Å². The predicted octanol–water partition coefficient (Wildman–Crippen LogP) is 4.85. The Kier molecular flexibility index (Phi) is 6.52. The van der Waals surface area contributed by atoms with Gasteiger partial charge in [0.05, 0.1) is 16.1 Å². The summed E-state index contributed by atoms with van der Waals surface area (Å²) in [5, 5.41) is 21.4. The van der Waals surface area contributed by atoms with Crippen LogP contribution < -0.4 is 4.74 Å². The van der Waals surface area contributed by atoms with Gasteiger partial charge in [-0.25, -0.2) is 0 Å². The van der Waals surface area contributed by atoms with Gasteiger partial charge in [-0.15, -0.1) is 0 Å². The highest BCUT2D eigenvalue weighted by Crippen LogP contribution is 2.42. The first-order valence-corrected chi connectivity index (χ1v) is 10.1. The number of phenols is 1. The summed E-state index contributed by atoms with van der Waals surface area (Å²) in [4.78, 5) is 25.6. The van der Waals surface area contributed by atoms with Crippen LogP contribution in [0.2, 0.25) is 0 Å². The lowest BCUT2D eigenvalue weighted by atomic mass is 9.99. The number of phenolic OH excluding ortho intramolecular Hbond substituents is 1. The Morgan fingerprint density at radius 3 is 2.37 bits per heavy atom. The van der Waals surface area contributed by atoms with Gasteiger partial charge in [-0.1, -0.05) is 13.8 Å². The van der Waals surface area contributed by atoms with Gasteiger partial charge >= 0.3 is 0 Å². The molecule has 2 aromatic carbocycles. The van der Waals surface area contributed by atoms with E-state index in [1.807, 2.05) is 0 Å². The Labute approximate surface area is 175 Å². The topological polar surface area (TPSA) is 92.9 Å². The second-order valence-corrected chi connectivity index (χ2v) is 7.46. The van der Waals surface area contributed by atoms with Crippen LogP contribution in [-0.2, 0) is 6.54 Å². The molecular weight excluding hydrogens is 384 g/mol. The van der Waals surface area contributed by atoms with E-state index < -0.39 is 4.92 Å². The molecule has 3 rings (SSSR count). The molecule has 0 unspecified atom stereocenters. The fourth-order valence-corrected chi connectivity index (χ4v) is 3.70. The average Bonchev–Trinajstić information content (AvgIpc) is 3.02. The summed E-state index contributed by atoms with van der Waals surface area (Å²) in [6.45, 7) is 8.24. The number of hydrogen-bond acceptors (Lipinski definition) is 6. The molecule has 0 bridgehead atoms. The van der Waals surface area contributed by atoms with Crippen LogP contribution in [0.3, 0.4) is 0 Å². The first kappa shape index (κ1) is 21.5. The van der Waals surface area contributed by atoms with E-state index in [1.54, 1.807) is 31.2 Å². The number of allylic oxidation sites excluding steroid dienone is 1. The molecule has 7 heteroatoms. The van der Waals surface area contributed by atoms with E-state index in [1.165, 1.54) is 12.1 Å². The minimum Gasteiger partial charge on any atom is -0.507 e. The van der Waals surface area contributed by atoms with Crippen molar-refractivity contribution in [3.05, 3.63) is 68.5 Å². The van der Waals surface area contributed by atoms with E-state index in [2.05, 4.69) is 18.7 Å². The number of carbonyl (C=O) groups excluding carboxylic acids is 1. The van der Waals surface area contributed by atoms with Crippen molar-refractivity contribution >= 4 is 17.5 Å². The number of carbonyl (C=O) groups is 1. The number of ketones is 1. The second-order valence-electron chi connectivity index (χ2n) is 7.46. The number of ether oxygens (including phenoxy) is 1. The monoisotopic (exact) mass is 410 g/mol. The zero-order valence-electron chi connectivity index (χ0n) is 17.5. The maximum atomic E-state index is 13.0. The number of aromatic hydroxyl groups is 1. The number of benzene rings is 2. The SMILES string of the molecule is CCCN(CCC)Cc1c(O)cc(C)c2c1O/C(=C/c1ccc([N+](=O)[O-])cc1)C2=O. The normalized spacial score (nSPS) is 14.3. The van der Waals surface area contributed by atoms with Gasteiger partial charge in [-0.2, -0.15) is 0 Å². The number of rotatable bonds is 8. The van der Waals surface area contributed by atoms with E-state index >= 15 is 0 Å². The number of nitro benzene ring substituents is 1. The van der Waals surface area contributed by atoms with Crippen molar-refractivity contribution < 1.29 is 19.6 Å². The molecule has 1 aliphatic rings. The summed E-state index contributed by atoms with van der Waals surface area (Å²) >= 11 is 0. The highest BCUT2D eigenvalue weighted by atomic mass is 16.6. The van der Waals surface area contributed by atoms with Crippen LogP contribution in [0.15, 0.2) is 36.1 Å². The maximum Gasteiger partial charge on any atom is 0.269 e. The lowest BCUT2D eigenvalue weighted by Crippen LogP contribution is -2.25. The molecular formula is C23H26N2O5. The Balaban J connectivity index is 1.96. The zero-order chi connectivity index (χ0) is 21.8. The van der Waals surface area contributed by atoms with Crippen LogP contribution in [0.1, 0.15) is 53.7 Å². The van der Waals surface area contributed by atoms with E-state index in [0.717, 1.165) is 25.9 Å². The van der Waals surface area contributed by atoms with Gasteiger partial charge in [0.15, 0.2) is 5.76 Å². The van der Waals surface area contributed by atoms with Crippen LogP contribution in [0, 0.1) is 17.0 Å². The van der Waals surface area contributed by atoms with Crippen LogP contribution >= 0.6 is 0 Å². The van der Waals surface area contributed by atoms with Crippen LogP contribution in [0.4, 0.5) is 5.69 Å². The molecule has 0 aromatic heterocycles. The Morgan fingerprint density at radius 2 is 1.80 bits per heavy atom. The predicted molar refractivity (Wildman–Crippen MR) is 115 cm³/mol. The summed E-state index contributed by atoms with van der Waals surface area (Å²) in [7, 11) is 0. The second kappa shape index (κ2) is 9.09. The number of fused-ring (bicyclic) bond motifs is 1. The molecule has 0 saturated heterocycles. The molecule has 0 spiro atoms. The molecule has 0 radical (unpaired) electrons. The van der Waals surface area contributed by atoms with Crippen molar-refractivity contribution in [1.29, 1.82) is 0 Å². The molecule has 30 heavy (non-hydrogen) atoms. The van der Waals surface area contributed by atoms with Crippen LogP contribution in [0.5, 0.6) is 11.5 Å². The first-order valence-electron chi connectivity index (χ1n) is 10.1. The summed E-state index contributed by atoms with van der Waals surface area (Å²) in [6.07, 6.45) is 3.54. The third-order valence-electron chi connectivity index (χ3n) is 5.08. The summed E-state index contributed by atoms with van der Waals surface area (Å²) in [5.74, 6) is 0.418. The number of non-ortho nitro benzene ring substituents is 1. The first-order chi connectivity index (χ1) is 14.3. The smallest absolute Gasteiger partial charge is 0.269 e. The number of nitro groups is 1. The van der Waals surface area contributed by atoms with Gasteiger partial charge in [0.1, 0.15) is 11.5 Å². The van der Waals surface area contributed by atoms with Gasteiger partial charge < -0.3 is 9.84 Å². The molecule has 1 aliphatic heterocycles. The highest BCUT2D eigenvalue weighted by molar-refractivity contribution is 6.15. The molecule has 1 N–H and O–H groups in total. The number of Topliss-reactive ketones (excluding diaryl/α,β-unsaturated/α-hetero) is 1.